The van der Waals surface area contributed by atoms with Crippen LogP contribution in [0.5, 0.6) is 0 Å². The average Bonchev–Trinajstić information content (AvgIpc) is 3.37. The van der Waals surface area contributed by atoms with E-state index >= 15 is 0 Å². The predicted octanol–water partition coefficient (Wildman–Crippen LogP) is 2.41. The first-order valence-corrected chi connectivity index (χ1v) is 9.48. The molecule has 3 heterocycles. The van der Waals surface area contributed by atoms with Crippen LogP contribution in [0.3, 0.4) is 0 Å². The van der Waals surface area contributed by atoms with Gasteiger partial charge in [0, 0.05) is 19.5 Å². The van der Waals surface area contributed by atoms with E-state index in [0.717, 1.165) is 18.8 Å². The molecular formula is C18H23N3O3S. The van der Waals surface area contributed by atoms with Crippen molar-refractivity contribution in [2.24, 2.45) is 0 Å². The number of carbonyl (C=O) groups excluding carboxylic acids is 2. The van der Waals surface area contributed by atoms with Crippen molar-refractivity contribution in [3.8, 4) is 0 Å². The summed E-state index contributed by atoms with van der Waals surface area (Å²) in [4.78, 5) is 26.9. The first kappa shape index (κ1) is 17.7. The van der Waals surface area contributed by atoms with E-state index in [-0.39, 0.29) is 24.3 Å². The fourth-order valence-electron chi connectivity index (χ4n) is 3.03. The first-order valence-electron chi connectivity index (χ1n) is 8.60. The largest absolute Gasteiger partial charge is 0.468 e. The number of hydrogen-bond acceptors (Lipinski definition) is 5. The number of nitrogens with one attached hydrogen (secondary N) is 2. The SMILES string of the molecule is O=C(CCNC(=O)c1cccs1)NCC(c1ccco1)N1CCCC1. The van der Waals surface area contributed by atoms with Crippen molar-refractivity contribution in [3.63, 3.8) is 0 Å². The lowest BCUT2D eigenvalue weighted by Gasteiger charge is -2.26. The lowest BCUT2D eigenvalue weighted by molar-refractivity contribution is -0.121. The van der Waals surface area contributed by atoms with Crippen LogP contribution >= 0.6 is 11.3 Å². The number of carbonyl (C=O) groups is 2. The van der Waals surface area contributed by atoms with E-state index in [1.807, 2.05) is 23.6 Å². The van der Waals surface area contributed by atoms with E-state index in [4.69, 9.17) is 4.42 Å². The van der Waals surface area contributed by atoms with Crippen LogP contribution in [0, 0.1) is 0 Å². The van der Waals surface area contributed by atoms with Crippen LogP contribution in [0.25, 0.3) is 0 Å². The second kappa shape index (κ2) is 8.82. The highest BCUT2D eigenvalue weighted by atomic mass is 32.1. The normalized spacial score (nSPS) is 15.8. The molecule has 7 heteroatoms. The van der Waals surface area contributed by atoms with Gasteiger partial charge in [-0.15, -0.1) is 11.3 Å². The van der Waals surface area contributed by atoms with Gasteiger partial charge in [-0.3, -0.25) is 14.5 Å². The zero-order valence-corrected chi connectivity index (χ0v) is 14.9. The molecule has 1 aliphatic heterocycles. The molecular weight excluding hydrogens is 338 g/mol. The van der Waals surface area contributed by atoms with Crippen LogP contribution in [-0.4, -0.2) is 42.9 Å². The minimum absolute atomic E-state index is 0.0674. The van der Waals surface area contributed by atoms with Crippen molar-refractivity contribution in [2.75, 3.05) is 26.2 Å². The summed E-state index contributed by atoms with van der Waals surface area (Å²) in [7, 11) is 0. The van der Waals surface area contributed by atoms with Gasteiger partial charge < -0.3 is 15.1 Å². The third-order valence-electron chi connectivity index (χ3n) is 4.33. The fraction of sp³-hybridized carbons (Fsp3) is 0.444. The molecule has 1 atom stereocenters. The van der Waals surface area contributed by atoms with Crippen molar-refractivity contribution in [1.29, 1.82) is 0 Å². The third-order valence-corrected chi connectivity index (χ3v) is 5.20. The maximum atomic E-state index is 12.1. The summed E-state index contributed by atoms with van der Waals surface area (Å²) in [6, 6.07) is 7.50. The number of amides is 2. The molecule has 2 amide bonds. The Hall–Kier alpha value is -2.12. The molecule has 2 aromatic rings. The maximum Gasteiger partial charge on any atom is 0.261 e. The summed E-state index contributed by atoms with van der Waals surface area (Å²) in [5.74, 6) is 0.684. The zero-order valence-electron chi connectivity index (χ0n) is 14.1. The number of nitrogens with zero attached hydrogens (tertiary/aromatic N) is 1. The van der Waals surface area contributed by atoms with Crippen LogP contribution < -0.4 is 10.6 Å². The molecule has 1 aliphatic rings. The van der Waals surface area contributed by atoms with E-state index in [1.165, 1.54) is 24.2 Å². The van der Waals surface area contributed by atoms with Gasteiger partial charge in [-0.1, -0.05) is 6.07 Å². The molecule has 0 bridgehead atoms. The Morgan fingerprint density at radius 1 is 1.20 bits per heavy atom. The molecule has 0 aromatic carbocycles. The minimum atomic E-state index is -0.131. The van der Waals surface area contributed by atoms with Gasteiger partial charge >= 0.3 is 0 Å². The summed E-state index contributed by atoms with van der Waals surface area (Å²) >= 11 is 1.39. The van der Waals surface area contributed by atoms with E-state index in [9.17, 15) is 9.59 Å². The van der Waals surface area contributed by atoms with E-state index in [1.54, 1.807) is 12.3 Å². The molecule has 25 heavy (non-hydrogen) atoms. The molecule has 0 aliphatic carbocycles. The number of likely N-dealkylation sites (tertiary alicyclic amines) is 1. The van der Waals surface area contributed by atoms with Crippen LogP contribution in [-0.2, 0) is 4.79 Å². The molecule has 0 saturated carbocycles. The first-order chi connectivity index (χ1) is 12.2. The smallest absolute Gasteiger partial charge is 0.261 e. The highest BCUT2D eigenvalue weighted by Gasteiger charge is 2.25. The maximum absolute atomic E-state index is 12.1. The standard InChI is InChI=1S/C18H23N3O3S/c22-17(7-8-19-18(23)16-6-4-12-25-16)20-13-14(15-5-3-11-24-15)21-9-1-2-10-21/h3-6,11-12,14H,1-2,7-10,13H2,(H,19,23)(H,20,22). The summed E-state index contributed by atoms with van der Waals surface area (Å²) in [6.45, 7) is 2.90. The Morgan fingerprint density at radius 3 is 2.72 bits per heavy atom. The molecule has 0 spiro atoms. The quantitative estimate of drug-likeness (QED) is 0.757. The highest BCUT2D eigenvalue weighted by molar-refractivity contribution is 7.12. The minimum Gasteiger partial charge on any atom is -0.468 e. The van der Waals surface area contributed by atoms with E-state index < -0.39 is 0 Å². The molecule has 1 unspecified atom stereocenters. The second-order valence-electron chi connectivity index (χ2n) is 6.06. The molecule has 1 fully saturated rings. The second-order valence-corrected chi connectivity index (χ2v) is 7.01. The lowest BCUT2D eigenvalue weighted by Crippen LogP contribution is -2.37. The molecule has 2 aromatic heterocycles. The van der Waals surface area contributed by atoms with Crippen molar-refractivity contribution in [2.45, 2.75) is 25.3 Å². The number of rotatable bonds is 8. The Bertz CT molecular complexity index is 664. The van der Waals surface area contributed by atoms with Crippen molar-refractivity contribution in [3.05, 3.63) is 46.5 Å². The monoisotopic (exact) mass is 361 g/mol. The third kappa shape index (κ3) is 4.93. The van der Waals surface area contributed by atoms with Gasteiger partial charge in [0.1, 0.15) is 5.76 Å². The topological polar surface area (TPSA) is 74.6 Å². The van der Waals surface area contributed by atoms with Crippen molar-refractivity contribution in [1.82, 2.24) is 15.5 Å². The van der Waals surface area contributed by atoms with E-state index in [2.05, 4.69) is 15.5 Å². The predicted molar refractivity (Wildman–Crippen MR) is 96.5 cm³/mol. The van der Waals surface area contributed by atoms with Gasteiger partial charge in [-0.05, 0) is 49.5 Å². The van der Waals surface area contributed by atoms with E-state index in [0.29, 0.717) is 18.0 Å². The molecule has 1 saturated heterocycles. The Morgan fingerprint density at radius 2 is 2.04 bits per heavy atom. The molecule has 0 radical (unpaired) electrons. The molecule has 134 valence electrons. The van der Waals surface area contributed by atoms with Crippen molar-refractivity contribution >= 4 is 23.2 Å². The van der Waals surface area contributed by atoms with Crippen molar-refractivity contribution < 1.29 is 14.0 Å². The molecule has 6 nitrogen and oxygen atoms in total. The highest BCUT2D eigenvalue weighted by Crippen LogP contribution is 2.24. The van der Waals surface area contributed by atoms with Crippen LogP contribution in [0.2, 0.25) is 0 Å². The fourth-order valence-corrected chi connectivity index (χ4v) is 3.67. The average molecular weight is 361 g/mol. The van der Waals surface area contributed by atoms with Gasteiger partial charge in [0.2, 0.25) is 5.91 Å². The Labute approximate surface area is 151 Å². The Balaban J connectivity index is 1.43. The van der Waals surface area contributed by atoms with Gasteiger partial charge in [0.15, 0.2) is 0 Å². The van der Waals surface area contributed by atoms with Gasteiger partial charge in [-0.25, -0.2) is 0 Å². The van der Waals surface area contributed by atoms with Crippen LogP contribution in [0.1, 0.15) is 40.7 Å². The summed E-state index contributed by atoms with van der Waals surface area (Å²) < 4.78 is 5.55. The summed E-state index contributed by atoms with van der Waals surface area (Å²) in [5.41, 5.74) is 0. The van der Waals surface area contributed by atoms with Gasteiger partial charge in [-0.2, -0.15) is 0 Å². The van der Waals surface area contributed by atoms with Gasteiger partial charge in [0.05, 0.1) is 17.2 Å². The zero-order chi connectivity index (χ0) is 17.5. The summed E-state index contributed by atoms with van der Waals surface area (Å²) in [6.07, 6.45) is 4.29. The number of furan rings is 1. The number of thiophene rings is 1. The Kier molecular flexibility index (Phi) is 6.25. The van der Waals surface area contributed by atoms with Crippen LogP contribution in [0.4, 0.5) is 0 Å². The summed E-state index contributed by atoms with van der Waals surface area (Å²) in [5, 5.41) is 7.59. The van der Waals surface area contributed by atoms with Crippen LogP contribution in [0.15, 0.2) is 40.3 Å². The number of hydrogen-bond donors (Lipinski definition) is 2. The lowest BCUT2D eigenvalue weighted by atomic mass is 10.2. The molecule has 3 rings (SSSR count). The van der Waals surface area contributed by atoms with Gasteiger partial charge in [0.25, 0.3) is 5.91 Å². The molecule has 2 N–H and O–H groups in total.